The van der Waals surface area contributed by atoms with Crippen LogP contribution in [0.2, 0.25) is 5.02 Å². The first kappa shape index (κ1) is 13.8. The Labute approximate surface area is 118 Å². The van der Waals surface area contributed by atoms with Crippen LogP contribution in [0.1, 0.15) is 23.7 Å². The van der Waals surface area contributed by atoms with E-state index in [1.165, 1.54) is 5.56 Å². The maximum absolute atomic E-state index is 9.75. The molecule has 0 aliphatic rings. The maximum atomic E-state index is 9.75. The molecule has 1 heterocycles. The molecule has 0 atom stereocenters. The van der Waals surface area contributed by atoms with Crippen LogP contribution in [0, 0.1) is 0 Å². The van der Waals surface area contributed by atoms with Gasteiger partial charge in [-0.3, -0.25) is 4.98 Å². The van der Waals surface area contributed by atoms with E-state index in [2.05, 4.69) is 23.3 Å². The molecule has 0 unspecified atom stereocenters. The number of nitrogens with zero attached hydrogens (tertiary/aromatic N) is 1. The highest BCUT2D eigenvalue weighted by Gasteiger charge is 2.06. The third-order valence-corrected chi connectivity index (χ3v) is 3.41. The normalized spacial score (nSPS) is 10.6. The van der Waals surface area contributed by atoms with Crippen molar-refractivity contribution in [3.05, 3.63) is 58.4 Å². The van der Waals surface area contributed by atoms with Crippen LogP contribution in [0.25, 0.3) is 0 Å². The number of aromatic nitrogens is 1. The zero-order chi connectivity index (χ0) is 13.7. The number of hydrogen-bond donors (Lipinski definition) is 2. The van der Waals surface area contributed by atoms with Crippen molar-refractivity contribution in [2.24, 2.45) is 0 Å². The summed E-state index contributed by atoms with van der Waals surface area (Å²) in [5.74, 6) is 0.219. The average Bonchev–Trinajstić information content (AvgIpc) is 2.42. The van der Waals surface area contributed by atoms with Crippen molar-refractivity contribution in [2.75, 3.05) is 0 Å². The highest BCUT2D eigenvalue weighted by molar-refractivity contribution is 6.31. The fraction of sp³-hybridized carbons (Fsp3) is 0.267. The number of pyridine rings is 1. The maximum Gasteiger partial charge on any atom is 0.121 e. The first-order chi connectivity index (χ1) is 9.22. The number of rotatable bonds is 5. The minimum atomic E-state index is 0.219. The Morgan fingerprint density at radius 3 is 2.79 bits per heavy atom. The van der Waals surface area contributed by atoms with Gasteiger partial charge < -0.3 is 10.4 Å². The molecule has 2 N–H and O–H groups in total. The minimum Gasteiger partial charge on any atom is -0.508 e. The molecule has 0 saturated carbocycles. The minimum absolute atomic E-state index is 0.219. The van der Waals surface area contributed by atoms with E-state index < -0.39 is 0 Å². The lowest BCUT2D eigenvalue weighted by Crippen LogP contribution is -2.15. The molecule has 1 aromatic heterocycles. The lowest BCUT2D eigenvalue weighted by Gasteiger charge is -2.10. The van der Waals surface area contributed by atoms with Gasteiger partial charge in [0.05, 0.1) is 5.69 Å². The zero-order valence-electron chi connectivity index (χ0n) is 10.9. The van der Waals surface area contributed by atoms with E-state index in [0.29, 0.717) is 18.1 Å². The number of nitrogens with one attached hydrogen (secondary N) is 1. The predicted molar refractivity (Wildman–Crippen MR) is 77.3 cm³/mol. The number of aryl methyl sites for hydroxylation is 1. The number of aromatic hydroxyl groups is 1. The topological polar surface area (TPSA) is 45.2 Å². The Hall–Kier alpha value is -1.58. The molecule has 0 saturated heterocycles. The summed E-state index contributed by atoms with van der Waals surface area (Å²) >= 11 is 6.05. The van der Waals surface area contributed by atoms with Gasteiger partial charge in [0.2, 0.25) is 0 Å². The number of phenolic OH excluding ortho intramolecular Hbond substituents is 1. The van der Waals surface area contributed by atoms with E-state index in [-0.39, 0.29) is 5.75 Å². The third-order valence-electron chi connectivity index (χ3n) is 3.05. The Kier molecular flexibility index (Phi) is 4.77. The summed E-state index contributed by atoms with van der Waals surface area (Å²) in [5.41, 5.74) is 2.99. The third kappa shape index (κ3) is 3.46. The number of halogens is 1. The Morgan fingerprint density at radius 1 is 1.21 bits per heavy atom. The standard InChI is InChI=1S/C15H17ClN2O/c1-2-11-5-4-8-18-14(11)10-17-9-12-13(16)6-3-7-15(12)19/h3-8,17,19H,2,9-10H2,1H3. The summed E-state index contributed by atoms with van der Waals surface area (Å²) in [4.78, 5) is 4.37. The molecule has 0 aliphatic heterocycles. The second-order valence-electron chi connectivity index (χ2n) is 4.30. The lowest BCUT2D eigenvalue weighted by atomic mass is 10.1. The van der Waals surface area contributed by atoms with E-state index >= 15 is 0 Å². The summed E-state index contributed by atoms with van der Waals surface area (Å²) in [5, 5.41) is 13.6. The van der Waals surface area contributed by atoms with Crippen molar-refractivity contribution in [1.29, 1.82) is 0 Å². The Balaban J connectivity index is 2.00. The fourth-order valence-electron chi connectivity index (χ4n) is 1.98. The van der Waals surface area contributed by atoms with Gasteiger partial charge in [-0.25, -0.2) is 0 Å². The molecule has 0 spiro atoms. The highest BCUT2D eigenvalue weighted by atomic mass is 35.5. The van der Waals surface area contributed by atoms with Crippen LogP contribution in [0.4, 0.5) is 0 Å². The molecular formula is C15H17ClN2O. The van der Waals surface area contributed by atoms with E-state index in [9.17, 15) is 5.11 Å². The lowest BCUT2D eigenvalue weighted by molar-refractivity contribution is 0.464. The van der Waals surface area contributed by atoms with Crippen LogP contribution in [0.5, 0.6) is 5.75 Å². The molecule has 2 rings (SSSR count). The molecule has 2 aromatic rings. The predicted octanol–water partition coefficient (Wildman–Crippen LogP) is 3.29. The summed E-state index contributed by atoms with van der Waals surface area (Å²) in [7, 11) is 0. The molecule has 19 heavy (non-hydrogen) atoms. The van der Waals surface area contributed by atoms with Gasteiger partial charge in [-0.1, -0.05) is 30.7 Å². The van der Waals surface area contributed by atoms with Gasteiger partial charge in [-0.15, -0.1) is 0 Å². The monoisotopic (exact) mass is 276 g/mol. The van der Waals surface area contributed by atoms with Gasteiger partial charge in [-0.05, 0) is 30.2 Å². The van der Waals surface area contributed by atoms with Crippen molar-refractivity contribution in [3.63, 3.8) is 0 Å². The van der Waals surface area contributed by atoms with Crippen LogP contribution in [0.3, 0.4) is 0 Å². The van der Waals surface area contributed by atoms with E-state index in [0.717, 1.165) is 17.7 Å². The molecule has 0 bridgehead atoms. The Bertz CT molecular complexity index is 537. The van der Waals surface area contributed by atoms with Gasteiger partial charge in [0, 0.05) is 29.9 Å². The van der Waals surface area contributed by atoms with Crippen molar-refractivity contribution in [2.45, 2.75) is 26.4 Å². The number of phenols is 1. The van der Waals surface area contributed by atoms with Crippen LogP contribution >= 0.6 is 11.6 Å². The van der Waals surface area contributed by atoms with E-state index in [1.807, 2.05) is 6.07 Å². The Morgan fingerprint density at radius 2 is 2.05 bits per heavy atom. The molecule has 0 aliphatic carbocycles. The SMILES string of the molecule is CCc1cccnc1CNCc1c(O)cccc1Cl. The van der Waals surface area contributed by atoms with E-state index in [1.54, 1.807) is 24.4 Å². The van der Waals surface area contributed by atoms with E-state index in [4.69, 9.17) is 11.6 Å². The largest absolute Gasteiger partial charge is 0.508 e. The molecule has 0 radical (unpaired) electrons. The zero-order valence-corrected chi connectivity index (χ0v) is 11.6. The molecule has 1 aromatic carbocycles. The second-order valence-corrected chi connectivity index (χ2v) is 4.71. The van der Waals surface area contributed by atoms with Gasteiger partial charge in [0.1, 0.15) is 5.75 Å². The fourth-order valence-corrected chi connectivity index (χ4v) is 2.22. The number of hydrogen-bond acceptors (Lipinski definition) is 3. The summed E-state index contributed by atoms with van der Waals surface area (Å²) in [6.07, 6.45) is 2.76. The second kappa shape index (κ2) is 6.55. The smallest absolute Gasteiger partial charge is 0.121 e. The van der Waals surface area contributed by atoms with Gasteiger partial charge >= 0.3 is 0 Å². The van der Waals surface area contributed by atoms with Crippen molar-refractivity contribution >= 4 is 11.6 Å². The molecule has 100 valence electrons. The average molecular weight is 277 g/mol. The molecule has 0 amide bonds. The van der Waals surface area contributed by atoms with Crippen molar-refractivity contribution in [3.8, 4) is 5.75 Å². The van der Waals surface area contributed by atoms with Crippen LogP contribution in [-0.4, -0.2) is 10.1 Å². The molecule has 0 fully saturated rings. The van der Waals surface area contributed by atoms with Crippen molar-refractivity contribution < 1.29 is 5.11 Å². The van der Waals surface area contributed by atoms with Gasteiger partial charge in [0.25, 0.3) is 0 Å². The van der Waals surface area contributed by atoms with Crippen LogP contribution in [-0.2, 0) is 19.5 Å². The summed E-state index contributed by atoms with van der Waals surface area (Å²) < 4.78 is 0. The molecule has 4 heteroatoms. The molecule has 3 nitrogen and oxygen atoms in total. The first-order valence-corrected chi connectivity index (χ1v) is 6.70. The van der Waals surface area contributed by atoms with Crippen LogP contribution in [0.15, 0.2) is 36.5 Å². The van der Waals surface area contributed by atoms with Gasteiger partial charge in [-0.2, -0.15) is 0 Å². The number of benzene rings is 1. The van der Waals surface area contributed by atoms with Crippen LogP contribution < -0.4 is 5.32 Å². The quantitative estimate of drug-likeness (QED) is 0.881. The highest BCUT2D eigenvalue weighted by Crippen LogP contribution is 2.24. The molecular weight excluding hydrogens is 260 g/mol. The summed E-state index contributed by atoms with van der Waals surface area (Å²) in [6, 6.07) is 9.17. The van der Waals surface area contributed by atoms with Gasteiger partial charge in [0.15, 0.2) is 0 Å². The summed E-state index contributed by atoms with van der Waals surface area (Å²) in [6.45, 7) is 3.29. The first-order valence-electron chi connectivity index (χ1n) is 6.32. The van der Waals surface area contributed by atoms with Crippen molar-refractivity contribution in [1.82, 2.24) is 10.3 Å².